The van der Waals surface area contributed by atoms with Crippen molar-refractivity contribution in [3.05, 3.63) is 175 Å². The van der Waals surface area contributed by atoms with E-state index in [1.165, 1.54) is 81.3 Å². The number of fused-ring (bicyclic) bond motifs is 16. The van der Waals surface area contributed by atoms with Crippen LogP contribution in [0.3, 0.4) is 0 Å². The molecule has 6 unspecified atom stereocenters. The van der Waals surface area contributed by atoms with Crippen LogP contribution in [0.2, 0.25) is 0 Å². The highest BCUT2D eigenvalue weighted by Crippen LogP contribution is 2.89. The highest BCUT2D eigenvalue weighted by atomic mass is 15.2. The first kappa shape index (κ1) is 32.3. The molecule has 4 saturated carbocycles. The molecule has 0 radical (unpaired) electrons. The minimum Gasteiger partial charge on any atom is -0.278 e. The van der Waals surface area contributed by atoms with Gasteiger partial charge in [0.05, 0.1) is 22.2 Å². The number of hydrogen-bond acceptors (Lipinski definition) is 2. The van der Waals surface area contributed by atoms with Crippen LogP contribution in [0.15, 0.2) is 164 Å². The normalized spacial score (nSPS) is 25.5. The van der Waals surface area contributed by atoms with Crippen LogP contribution >= 0.6 is 0 Å². The topological polar surface area (TPSA) is 30.7 Å². The molecule has 6 atom stereocenters. The molecule has 2 heterocycles. The Morgan fingerprint density at radius 2 is 1.12 bits per heavy atom. The largest absolute Gasteiger partial charge is 0.278 e. The Hall–Kier alpha value is -6.58. The molecule has 0 aliphatic heterocycles. The van der Waals surface area contributed by atoms with Gasteiger partial charge in [-0.15, -0.1) is 0 Å². The van der Waals surface area contributed by atoms with Crippen LogP contribution in [0, 0.1) is 29.1 Å². The van der Waals surface area contributed by atoms with Crippen LogP contribution in [-0.4, -0.2) is 14.5 Å². The summed E-state index contributed by atoms with van der Waals surface area (Å²) in [6, 6.07) is 61.0. The molecule has 3 heteroatoms. The molecule has 8 aromatic carbocycles. The fourth-order valence-electron chi connectivity index (χ4n) is 15.0. The maximum atomic E-state index is 5.61. The second-order valence-electron chi connectivity index (χ2n) is 18.7. The Bertz CT molecular complexity index is 3530. The predicted octanol–water partition coefficient (Wildman–Crippen LogP) is 14.1. The van der Waals surface area contributed by atoms with Gasteiger partial charge in [0.2, 0.25) is 5.95 Å². The lowest BCUT2D eigenvalue weighted by Gasteiger charge is -2.76. The van der Waals surface area contributed by atoms with E-state index < -0.39 is 0 Å². The van der Waals surface area contributed by atoms with Gasteiger partial charge in [0.1, 0.15) is 0 Å². The predicted molar refractivity (Wildman–Crippen MR) is 245 cm³/mol. The summed E-state index contributed by atoms with van der Waals surface area (Å²) in [5, 5.41) is 8.33. The van der Waals surface area contributed by atoms with Crippen molar-refractivity contribution >= 4 is 54.3 Å². The third-order valence-corrected chi connectivity index (χ3v) is 16.9. The minimum absolute atomic E-state index is 0.152. The summed E-state index contributed by atoms with van der Waals surface area (Å²) in [5.74, 6) is 4.16. The number of aromatic nitrogens is 3. The summed E-state index contributed by atoms with van der Waals surface area (Å²) in [6.07, 6.45) is 7.17. The second-order valence-corrected chi connectivity index (χ2v) is 18.7. The maximum Gasteiger partial charge on any atom is 0.235 e. The third-order valence-electron chi connectivity index (χ3n) is 16.9. The average Bonchev–Trinajstić information content (AvgIpc) is 4.04. The van der Waals surface area contributed by atoms with Crippen molar-refractivity contribution in [2.24, 2.45) is 29.1 Å². The summed E-state index contributed by atoms with van der Waals surface area (Å²) in [7, 11) is 0. The van der Waals surface area contributed by atoms with E-state index in [9.17, 15) is 0 Å². The Labute approximate surface area is 348 Å². The van der Waals surface area contributed by atoms with Gasteiger partial charge in [-0.1, -0.05) is 146 Å². The Morgan fingerprint density at radius 1 is 0.450 bits per heavy atom. The zero-order valence-corrected chi connectivity index (χ0v) is 33.3. The fourth-order valence-corrected chi connectivity index (χ4v) is 15.0. The molecule has 284 valence electrons. The lowest BCUT2D eigenvalue weighted by Crippen LogP contribution is -2.74. The molecule has 2 spiro atoms. The molecule has 0 saturated heterocycles. The highest BCUT2D eigenvalue weighted by molar-refractivity contribution is 6.27. The zero-order chi connectivity index (χ0) is 38.9. The van der Waals surface area contributed by atoms with Crippen molar-refractivity contribution in [2.75, 3.05) is 0 Å². The molecule has 15 rings (SSSR count). The molecule has 3 nitrogen and oxygen atoms in total. The van der Waals surface area contributed by atoms with Crippen molar-refractivity contribution in [1.29, 1.82) is 0 Å². The van der Waals surface area contributed by atoms with Crippen molar-refractivity contribution in [3.63, 3.8) is 0 Å². The van der Waals surface area contributed by atoms with Gasteiger partial charge in [-0.2, -0.15) is 0 Å². The van der Waals surface area contributed by atoms with Crippen LogP contribution in [0.1, 0.15) is 43.2 Å². The summed E-state index contributed by atoms with van der Waals surface area (Å²) >= 11 is 0. The summed E-state index contributed by atoms with van der Waals surface area (Å²) in [4.78, 5) is 11.2. The van der Waals surface area contributed by atoms with Crippen molar-refractivity contribution in [3.8, 4) is 39.5 Å². The van der Waals surface area contributed by atoms with Crippen molar-refractivity contribution in [2.45, 2.75) is 37.5 Å². The molecule has 10 aromatic rings. The van der Waals surface area contributed by atoms with E-state index in [0.717, 1.165) is 62.3 Å². The number of nitrogens with zero attached hydrogens (tertiary/aromatic N) is 3. The Morgan fingerprint density at radius 3 is 2.00 bits per heavy atom. The maximum absolute atomic E-state index is 5.61. The Balaban J connectivity index is 0.990. The van der Waals surface area contributed by atoms with E-state index >= 15 is 0 Å². The van der Waals surface area contributed by atoms with E-state index in [1.54, 1.807) is 11.1 Å². The molecule has 0 bridgehead atoms. The highest BCUT2D eigenvalue weighted by Gasteiger charge is 2.84. The van der Waals surface area contributed by atoms with Gasteiger partial charge in [0, 0.05) is 32.5 Å². The quantitative estimate of drug-likeness (QED) is 0.168. The summed E-state index contributed by atoms with van der Waals surface area (Å²) in [5.41, 5.74) is 14.8. The first-order valence-electron chi connectivity index (χ1n) is 22.2. The number of rotatable bonds is 3. The number of para-hydroxylation sites is 1. The molecule has 60 heavy (non-hydrogen) atoms. The zero-order valence-electron chi connectivity index (χ0n) is 33.3. The first-order valence-corrected chi connectivity index (χ1v) is 22.2. The monoisotopic (exact) mass is 767 g/mol. The molecular weight excluding hydrogens is 727 g/mol. The molecule has 4 fully saturated rings. The third kappa shape index (κ3) is 3.61. The molecule has 5 aliphatic rings. The van der Waals surface area contributed by atoms with E-state index in [1.807, 2.05) is 0 Å². The van der Waals surface area contributed by atoms with Gasteiger partial charge in [-0.3, -0.25) is 4.57 Å². The molecule has 0 amide bonds. The molecule has 5 aliphatic carbocycles. The second kappa shape index (κ2) is 11.2. The summed E-state index contributed by atoms with van der Waals surface area (Å²) in [6.45, 7) is 0. The number of benzene rings is 8. The van der Waals surface area contributed by atoms with E-state index in [-0.39, 0.29) is 5.41 Å². The number of hydrogen-bond donors (Lipinski definition) is 0. The van der Waals surface area contributed by atoms with Gasteiger partial charge in [-0.25, -0.2) is 9.97 Å². The Kier molecular flexibility index (Phi) is 6.01. The van der Waals surface area contributed by atoms with Crippen molar-refractivity contribution in [1.82, 2.24) is 14.5 Å². The smallest absolute Gasteiger partial charge is 0.235 e. The van der Waals surface area contributed by atoms with E-state index in [4.69, 9.17) is 9.97 Å². The summed E-state index contributed by atoms with van der Waals surface area (Å²) < 4.78 is 2.33. The molecule has 2 aromatic heterocycles. The van der Waals surface area contributed by atoms with Crippen LogP contribution in [0.5, 0.6) is 0 Å². The van der Waals surface area contributed by atoms with E-state index in [0.29, 0.717) is 11.4 Å². The van der Waals surface area contributed by atoms with Gasteiger partial charge >= 0.3 is 0 Å². The first-order chi connectivity index (χ1) is 29.8. The van der Waals surface area contributed by atoms with Crippen LogP contribution in [0.25, 0.3) is 93.7 Å². The molecular formula is C57H41N3. The van der Waals surface area contributed by atoms with Crippen molar-refractivity contribution < 1.29 is 0 Å². The van der Waals surface area contributed by atoms with Gasteiger partial charge in [0.15, 0.2) is 0 Å². The minimum atomic E-state index is 0.152. The van der Waals surface area contributed by atoms with Gasteiger partial charge in [0.25, 0.3) is 0 Å². The lowest BCUT2D eigenvalue weighted by atomic mass is 9.27. The SMILES string of the molecule is c1ccc(-c2nc(-n3c4ccccc4c4c(-c5ccc6c(c5)C5(c7ccccc7-6)C6CCC7CCC8CC5C786)cccc43)nc3c4ccccc4c4ccccc4c23)cc1. The van der Waals surface area contributed by atoms with Crippen LogP contribution in [-0.2, 0) is 5.41 Å². The fraction of sp³-hybridized carbons (Fsp3) is 0.193. The van der Waals surface area contributed by atoms with Gasteiger partial charge in [-0.05, 0) is 129 Å². The van der Waals surface area contributed by atoms with Gasteiger partial charge < -0.3 is 0 Å². The lowest BCUT2D eigenvalue weighted by molar-refractivity contribution is -0.234. The standard InChI is InChI=1S/C57H41N3/c1-2-13-33(14-3-1)53-52-42-18-6-4-15-38(42)39-16-5-7-19-43(39)54(52)59-55(58-53)60-47-23-11-9-20-44(47)51-37(21-12-24-48(51)60)34-25-29-41-40-17-8-10-22-45(40)57(46(41)31-34)49-30-28-35-26-27-36-32-50(57)56(35,36)49/h1-25,29,31,35-36,49-50H,26-28,30,32H2. The average molecular weight is 768 g/mol. The molecule has 0 N–H and O–H groups in total. The van der Waals surface area contributed by atoms with Crippen LogP contribution in [0.4, 0.5) is 0 Å². The van der Waals surface area contributed by atoms with E-state index in [2.05, 4.69) is 168 Å². The van der Waals surface area contributed by atoms with Crippen LogP contribution < -0.4 is 0 Å².